The van der Waals surface area contributed by atoms with Gasteiger partial charge in [-0.15, -0.1) is 0 Å². The zero-order valence-corrected chi connectivity index (χ0v) is 8.18. The van der Waals surface area contributed by atoms with Gasteiger partial charge in [-0.3, -0.25) is 4.90 Å². The maximum absolute atomic E-state index is 5.60. The van der Waals surface area contributed by atoms with Crippen molar-refractivity contribution in [3.8, 4) is 0 Å². The standard InChI is InChI=1S/C8H17NOS/c1-7-5-9(3-4-11)6-8(2)10-7/h7-8,11H,3-6H2,1-2H3/t7-,8+. The molecule has 3 heteroatoms. The molecule has 0 aromatic carbocycles. The van der Waals surface area contributed by atoms with Crippen LogP contribution in [-0.4, -0.2) is 42.5 Å². The summed E-state index contributed by atoms with van der Waals surface area (Å²) < 4.78 is 5.60. The highest BCUT2D eigenvalue weighted by molar-refractivity contribution is 7.80. The van der Waals surface area contributed by atoms with Gasteiger partial charge in [-0.1, -0.05) is 0 Å². The first-order valence-electron chi connectivity index (χ1n) is 4.21. The highest BCUT2D eigenvalue weighted by Crippen LogP contribution is 2.09. The minimum atomic E-state index is 0.388. The molecule has 0 bridgehead atoms. The van der Waals surface area contributed by atoms with Gasteiger partial charge in [0.15, 0.2) is 0 Å². The van der Waals surface area contributed by atoms with Gasteiger partial charge in [0.1, 0.15) is 0 Å². The van der Waals surface area contributed by atoms with E-state index in [0.717, 1.165) is 25.4 Å². The van der Waals surface area contributed by atoms with Crippen molar-refractivity contribution in [1.82, 2.24) is 4.90 Å². The van der Waals surface area contributed by atoms with E-state index in [0.29, 0.717) is 12.2 Å². The fourth-order valence-corrected chi connectivity index (χ4v) is 1.89. The topological polar surface area (TPSA) is 12.5 Å². The van der Waals surface area contributed by atoms with Crippen LogP contribution in [-0.2, 0) is 4.74 Å². The smallest absolute Gasteiger partial charge is 0.0678 e. The lowest BCUT2D eigenvalue weighted by Crippen LogP contribution is -2.45. The van der Waals surface area contributed by atoms with Crippen molar-refractivity contribution >= 4 is 12.6 Å². The molecule has 2 atom stereocenters. The van der Waals surface area contributed by atoms with Gasteiger partial charge >= 0.3 is 0 Å². The lowest BCUT2D eigenvalue weighted by Gasteiger charge is -2.34. The maximum Gasteiger partial charge on any atom is 0.0678 e. The second-order valence-corrected chi connectivity index (χ2v) is 3.69. The monoisotopic (exact) mass is 175 g/mol. The zero-order valence-electron chi connectivity index (χ0n) is 7.29. The third-order valence-electron chi connectivity index (χ3n) is 1.91. The van der Waals surface area contributed by atoms with Crippen molar-refractivity contribution < 1.29 is 4.74 Å². The molecular weight excluding hydrogens is 158 g/mol. The molecule has 1 rings (SSSR count). The summed E-state index contributed by atoms with van der Waals surface area (Å²) in [6.45, 7) is 7.46. The van der Waals surface area contributed by atoms with Gasteiger partial charge in [-0.2, -0.15) is 12.6 Å². The summed E-state index contributed by atoms with van der Waals surface area (Å²) in [5, 5.41) is 0. The van der Waals surface area contributed by atoms with Crippen LogP contribution in [0, 0.1) is 0 Å². The minimum absolute atomic E-state index is 0.388. The highest BCUT2D eigenvalue weighted by Gasteiger charge is 2.20. The van der Waals surface area contributed by atoms with Crippen molar-refractivity contribution in [3.05, 3.63) is 0 Å². The molecule has 0 saturated carbocycles. The summed E-state index contributed by atoms with van der Waals surface area (Å²) in [4.78, 5) is 2.41. The Morgan fingerprint density at radius 1 is 1.36 bits per heavy atom. The molecule has 0 amide bonds. The molecular formula is C8H17NOS. The van der Waals surface area contributed by atoms with Crippen LogP contribution in [0.4, 0.5) is 0 Å². The van der Waals surface area contributed by atoms with Gasteiger partial charge in [0.2, 0.25) is 0 Å². The number of thiol groups is 1. The lowest BCUT2D eigenvalue weighted by atomic mass is 10.2. The third-order valence-corrected chi connectivity index (χ3v) is 2.11. The van der Waals surface area contributed by atoms with E-state index in [9.17, 15) is 0 Å². The normalized spacial score (nSPS) is 34.1. The van der Waals surface area contributed by atoms with Crippen LogP contribution in [0.15, 0.2) is 0 Å². The van der Waals surface area contributed by atoms with E-state index >= 15 is 0 Å². The molecule has 1 aliphatic heterocycles. The molecule has 0 spiro atoms. The first-order valence-corrected chi connectivity index (χ1v) is 4.84. The van der Waals surface area contributed by atoms with E-state index in [-0.39, 0.29) is 0 Å². The van der Waals surface area contributed by atoms with Crippen LogP contribution >= 0.6 is 12.6 Å². The predicted molar refractivity (Wildman–Crippen MR) is 50.3 cm³/mol. The first kappa shape index (κ1) is 9.36. The molecule has 0 unspecified atom stereocenters. The molecule has 11 heavy (non-hydrogen) atoms. The van der Waals surface area contributed by atoms with Crippen molar-refractivity contribution in [2.75, 3.05) is 25.4 Å². The number of rotatable bonds is 2. The molecule has 1 aliphatic rings. The summed E-state index contributed by atoms with van der Waals surface area (Å²) in [5.74, 6) is 0.944. The third kappa shape index (κ3) is 3.01. The Kier molecular flexibility index (Phi) is 3.69. The molecule has 0 aliphatic carbocycles. The summed E-state index contributed by atoms with van der Waals surface area (Å²) in [7, 11) is 0. The molecule has 0 radical (unpaired) electrons. The number of nitrogens with zero attached hydrogens (tertiary/aromatic N) is 1. The fraction of sp³-hybridized carbons (Fsp3) is 1.00. The van der Waals surface area contributed by atoms with Crippen LogP contribution in [0.5, 0.6) is 0 Å². The molecule has 66 valence electrons. The van der Waals surface area contributed by atoms with Gasteiger partial charge in [0.05, 0.1) is 12.2 Å². The lowest BCUT2D eigenvalue weighted by molar-refractivity contribution is -0.0660. The van der Waals surface area contributed by atoms with Crippen molar-refractivity contribution in [2.45, 2.75) is 26.1 Å². The summed E-state index contributed by atoms with van der Waals surface area (Å²) in [6, 6.07) is 0. The van der Waals surface area contributed by atoms with Gasteiger partial charge in [-0.25, -0.2) is 0 Å². The van der Waals surface area contributed by atoms with E-state index < -0.39 is 0 Å². The minimum Gasteiger partial charge on any atom is -0.373 e. The summed E-state index contributed by atoms with van der Waals surface area (Å²) >= 11 is 4.21. The molecule has 0 aromatic heterocycles. The maximum atomic E-state index is 5.60. The van der Waals surface area contributed by atoms with Crippen molar-refractivity contribution in [1.29, 1.82) is 0 Å². The Morgan fingerprint density at radius 2 is 1.91 bits per heavy atom. The Morgan fingerprint density at radius 3 is 2.36 bits per heavy atom. The Balaban J connectivity index is 2.30. The predicted octanol–water partition coefficient (Wildman–Crippen LogP) is 1.03. The molecule has 0 N–H and O–H groups in total. The van der Waals surface area contributed by atoms with Crippen LogP contribution in [0.25, 0.3) is 0 Å². The average Bonchev–Trinajstić information content (AvgIpc) is 1.85. The van der Waals surface area contributed by atoms with Crippen LogP contribution in [0.1, 0.15) is 13.8 Å². The number of hydrogen-bond acceptors (Lipinski definition) is 3. The largest absolute Gasteiger partial charge is 0.373 e. The van der Waals surface area contributed by atoms with Gasteiger partial charge in [0.25, 0.3) is 0 Å². The zero-order chi connectivity index (χ0) is 8.27. The SMILES string of the molecule is C[C@@H]1CN(CCS)C[C@H](C)O1. The Bertz CT molecular complexity index is 111. The number of hydrogen-bond donors (Lipinski definition) is 1. The summed E-state index contributed by atoms with van der Waals surface area (Å²) in [6.07, 6.45) is 0.775. The average molecular weight is 175 g/mol. The van der Waals surface area contributed by atoms with Crippen LogP contribution in [0.3, 0.4) is 0 Å². The number of morpholine rings is 1. The molecule has 1 heterocycles. The van der Waals surface area contributed by atoms with Crippen LogP contribution in [0.2, 0.25) is 0 Å². The van der Waals surface area contributed by atoms with Gasteiger partial charge in [-0.05, 0) is 13.8 Å². The van der Waals surface area contributed by atoms with E-state index in [1.165, 1.54) is 0 Å². The molecule has 2 nitrogen and oxygen atoms in total. The van der Waals surface area contributed by atoms with Crippen LogP contribution < -0.4 is 0 Å². The van der Waals surface area contributed by atoms with E-state index in [1.807, 2.05) is 0 Å². The second kappa shape index (κ2) is 4.33. The molecule has 1 saturated heterocycles. The van der Waals surface area contributed by atoms with E-state index in [1.54, 1.807) is 0 Å². The van der Waals surface area contributed by atoms with Crippen molar-refractivity contribution in [2.24, 2.45) is 0 Å². The van der Waals surface area contributed by atoms with Gasteiger partial charge in [0, 0.05) is 25.4 Å². The number of ether oxygens (including phenoxy) is 1. The molecule has 0 aromatic rings. The Hall–Kier alpha value is 0.270. The Labute approximate surface area is 74.3 Å². The van der Waals surface area contributed by atoms with E-state index in [2.05, 4.69) is 31.4 Å². The fourth-order valence-electron chi connectivity index (χ4n) is 1.61. The van der Waals surface area contributed by atoms with E-state index in [4.69, 9.17) is 4.74 Å². The quantitative estimate of drug-likeness (QED) is 0.629. The van der Waals surface area contributed by atoms with Gasteiger partial charge < -0.3 is 4.74 Å². The molecule has 1 fully saturated rings. The first-order chi connectivity index (χ1) is 5.22. The summed E-state index contributed by atoms with van der Waals surface area (Å²) in [5.41, 5.74) is 0. The highest BCUT2D eigenvalue weighted by atomic mass is 32.1. The van der Waals surface area contributed by atoms with Crippen molar-refractivity contribution in [3.63, 3.8) is 0 Å². The second-order valence-electron chi connectivity index (χ2n) is 3.24.